The first-order valence-electron chi connectivity index (χ1n) is 10.1. The number of carbonyl (C=O) groups is 2. The normalized spacial score (nSPS) is 29.1. The average molecular weight is 374 g/mol. The Labute approximate surface area is 158 Å². The fraction of sp³-hybridized carbons (Fsp3) is 0.619. The van der Waals surface area contributed by atoms with E-state index in [-0.39, 0.29) is 42.3 Å². The summed E-state index contributed by atoms with van der Waals surface area (Å²) in [6.07, 6.45) is 6.95. The van der Waals surface area contributed by atoms with Gasteiger partial charge in [-0.25, -0.2) is 4.39 Å². The molecule has 6 heteroatoms. The molecule has 2 saturated heterocycles. The van der Waals surface area contributed by atoms with Gasteiger partial charge in [0.25, 0.3) is 0 Å². The molecule has 2 N–H and O–H groups in total. The molecule has 27 heavy (non-hydrogen) atoms. The van der Waals surface area contributed by atoms with Gasteiger partial charge < -0.3 is 10.4 Å². The summed E-state index contributed by atoms with van der Waals surface area (Å²) in [6.45, 7) is 0.254. The minimum Gasteiger partial charge on any atom is -0.481 e. The quantitative estimate of drug-likeness (QED) is 0.803. The number of halogens is 1. The topological polar surface area (TPSA) is 69.6 Å². The number of hydrogen-bond acceptors (Lipinski definition) is 3. The number of rotatable bonds is 6. The Hall–Kier alpha value is -1.95. The zero-order valence-electron chi connectivity index (χ0n) is 15.4. The highest BCUT2D eigenvalue weighted by atomic mass is 19.1. The van der Waals surface area contributed by atoms with E-state index in [9.17, 15) is 19.1 Å². The number of benzene rings is 1. The lowest BCUT2D eigenvalue weighted by atomic mass is 9.89. The Balaban J connectivity index is 1.44. The van der Waals surface area contributed by atoms with E-state index in [4.69, 9.17) is 0 Å². The van der Waals surface area contributed by atoms with Crippen molar-refractivity contribution in [3.8, 4) is 0 Å². The van der Waals surface area contributed by atoms with Gasteiger partial charge in [0.05, 0.1) is 18.5 Å². The summed E-state index contributed by atoms with van der Waals surface area (Å²) in [5.74, 6) is -1.05. The van der Waals surface area contributed by atoms with E-state index in [0.717, 1.165) is 44.1 Å². The van der Waals surface area contributed by atoms with E-state index in [2.05, 4.69) is 10.2 Å². The summed E-state index contributed by atoms with van der Waals surface area (Å²) in [5.41, 5.74) is 0.949. The average Bonchev–Trinajstić information content (AvgIpc) is 3.38. The van der Waals surface area contributed by atoms with Crippen molar-refractivity contribution in [2.24, 2.45) is 11.8 Å². The van der Waals surface area contributed by atoms with E-state index in [1.54, 1.807) is 12.1 Å². The van der Waals surface area contributed by atoms with Crippen LogP contribution < -0.4 is 5.32 Å². The molecule has 1 aromatic rings. The lowest BCUT2D eigenvalue weighted by molar-refractivity contribution is -0.143. The third kappa shape index (κ3) is 3.72. The van der Waals surface area contributed by atoms with Crippen LogP contribution in [-0.4, -0.2) is 40.5 Å². The summed E-state index contributed by atoms with van der Waals surface area (Å²) in [7, 11) is 0. The molecule has 3 fully saturated rings. The van der Waals surface area contributed by atoms with Crippen LogP contribution in [-0.2, 0) is 9.59 Å². The van der Waals surface area contributed by atoms with Gasteiger partial charge in [0, 0.05) is 12.1 Å². The molecule has 2 aliphatic heterocycles. The molecular weight excluding hydrogens is 347 g/mol. The highest BCUT2D eigenvalue weighted by Gasteiger charge is 2.49. The Morgan fingerprint density at radius 1 is 1.15 bits per heavy atom. The van der Waals surface area contributed by atoms with Crippen molar-refractivity contribution in [3.05, 3.63) is 35.6 Å². The van der Waals surface area contributed by atoms with Crippen molar-refractivity contribution < 1.29 is 19.1 Å². The van der Waals surface area contributed by atoms with Crippen LogP contribution >= 0.6 is 0 Å². The first-order chi connectivity index (χ1) is 13.0. The fourth-order valence-electron chi connectivity index (χ4n) is 5.43. The van der Waals surface area contributed by atoms with Gasteiger partial charge >= 0.3 is 5.97 Å². The van der Waals surface area contributed by atoms with Crippen molar-refractivity contribution in [1.82, 2.24) is 10.2 Å². The monoisotopic (exact) mass is 374 g/mol. The number of hydrogen-bond donors (Lipinski definition) is 2. The largest absolute Gasteiger partial charge is 0.481 e. The van der Waals surface area contributed by atoms with E-state index in [1.807, 2.05) is 0 Å². The first kappa shape index (κ1) is 18.4. The molecule has 0 radical (unpaired) electrons. The van der Waals surface area contributed by atoms with Gasteiger partial charge in [-0.3, -0.25) is 14.5 Å². The van der Waals surface area contributed by atoms with Crippen molar-refractivity contribution >= 4 is 11.9 Å². The van der Waals surface area contributed by atoms with Crippen LogP contribution in [0.1, 0.15) is 56.6 Å². The number of nitrogens with one attached hydrogen (secondary N) is 1. The molecular formula is C21H27FN2O3. The summed E-state index contributed by atoms with van der Waals surface area (Å²) >= 11 is 0. The van der Waals surface area contributed by atoms with Gasteiger partial charge in [-0.2, -0.15) is 0 Å². The summed E-state index contributed by atoms with van der Waals surface area (Å²) in [4.78, 5) is 26.3. The number of nitrogens with zero attached hydrogens (tertiary/aromatic N) is 1. The maximum atomic E-state index is 13.3. The molecule has 1 aliphatic carbocycles. The molecule has 5 nitrogen and oxygen atoms in total. The summed E-state index contributed by atoms with van der Waals surface area (Å²) < 4.78 is 13.3. The Kier molecular flexibility index (Phi) is 5.17. The molecule has 3 aliphatic rings. The molecule has 0 spiro atoms. The number of aliphatic carboxylic acids is 1. The Morgan fingerprint density at radius 2 is 1.85 bits per heavy atom. The van der Waals surface area contributed by atoms with Crippen LogP contribution in [0.3, 0.4) is 0 Å². The summed E-state index contributed by atoms with van der Waals surface area (Å²) in [5, 5.41) is 12.6. The minimum atomic E-state index is -0.747. The van der Waals surface area contributed by atoms with Crippen LogP contribution in [0, 0.1) is 17.7 Å². The zero-order valence-corrected chi connectivity index (χ0v) is 15.4. The van der Waals surface area contributed by atoms with E-state index < -0.39 is 5.97 Å². The third-order valence-corrected chi connectivity index (χ3v) is 6.74. The maximum absolute atomic E-state index is 13.3. The van der Waals surface area contributed by atoms with Gasteiger partial charge in [0.15, 0.2) is 0 Å². The van der Waals surface area contributed by atoms with Gasteiger partial charge in [-0.1, -0.05) is 25.0 Å². The number of fused-ring (bicyclic) bond motifs is 2. The highest BCUT2D eigenvalue weighted by Crippen LogP contribution is 2.41. The van der Waals surface area contributed by atoms with Gasteiger partial charge in [-0.15, -0.1) is 0 Å². The van der Waals surface area contributed by atoms with Crippen LogP contribution in [0.4, 0.5) is 4.39 Å². The molecule has 1 aromatic carbocycles. The lowest BCUT2D eigenvalue weighted by Gasteiger charge is -2.28. The highest BCUT2D eigenvalue weighted by molar-refractivity contribution is 5.79. The van der Waals surface area contributed by atoms with Crippen molar-refractivity contribution in [3.63, 3.8) is 0 Å². The molecule has 4 rings (SSSR count). The molecule has 1 saturated carbocycles. The maximum Gasteiger partial charge on any atom is 0.308 e. The SMILES string of the molecule is O=C(CN1C2CCC1C(C(=O)O)C2)NC(c1ccc(F)cc1)C1CCCC1. The van der Waals surface area contributed by atoms with Crippen LogP contribution in [0.2, 0.25) is 0 Å². The van der Waals surface area contributed by atoms with Gasteiger partial charge in [0.2, 0.25) is 5.91 Å². The lowest BCUT2D eigenvalue weighted by Crippen LogP contribution is -2.43. The van der Waals surface area contributed by atoms with Crippen molar-refractivity contribution in [1.29, 1.82) is 0 Å². The number of carbonyl (C=O) groups excluding carboxylic acids is 1. The van der Waals surface area contributed by atoms with Gasteiger partial charge in [-0.05, 0) is 55.7 Å². The van der Waals surface area contributed by atoms with E-state index in [0.29, 0.717) is 12.3 Å². The van der Waals surface area contributed by atoms with Crippen molar-refractivity contribution in [2.75, 3.05) is 6.54 Å². The Bertz CT molecular complexity index is 702. The van der Waals surface area contributed by atoms with E-state index in [1.165, 1.54) is 12.1 Å². The molecule has 1 amide bonds. The second-order valence-corrected chi connectivity index (χ2v) is 8.29. The summed E-state index contributed by atoms with van der Waals surface area (Å²) in [6, 6.07) is 6.50. The smallest absolute Gasteiger partial charge is 0.308 e. The predicted octanol–water partition coefficient (Wildman–Crippen LogP) is 3.11. The third-order valence-electron chi connectivity index (χ3n) is 6.74. The second kappa shape index (κ2) is 7.58. The molecule has 146 valence electrons. The number of amides is 1. The molecule has 2 heterocycles. The molecule has 0 aromatic heterocycles. The second-order valence-electron chi connectivity index (χ2n) is 8.29. The first-order valence-corrected chi connectivity index (χ1v) is 10.1. The van der Waals surface area contributed by atoms with Crippen LogP contribution in [0.25, 0.3) is 0 Å². The number of carboxylic acid groups (broad SMARTS) is 1. The molecule has 2 bridgehead atoms. The van der Waals surface area contributed by atoms with E-state index >= 15 is 0 Å². The molecule has 4 unspecified atom stereocenters. The van der Waals surface area contributed by atoms with Crippen LogP contribution in [0.5, 0.6) is 0 Å². The van der Waals surface area contributed by atoms with Crippen LogP contribution in [0.15, 0.2) is 24.3 Å². The minimum absolute atomic E-state index is 0.0194. The fourth-order valence-corrected chi connectivity index (χ4v) is 5.43. The zero-order chi connectivity index (χ0) is 19.0. The van der Waals surface area contributed by atoms with Gasteiger partial charge in [0.1, 0.15) is 5.82 Å². The predicted molar refractivity (Wildman–Crippen MR) is 98.5 cm³/mol. The van der Waals surface area contributed by atoms with Crippen molar-refractivity contribution in [2.45, 2.75) is 63.1 Å². The standard InChI is InChI=1S/C21H27FN2O3/c22-15-7-5-14(6-8-15)20(13-3-1-2-4-13)23-19(25)12-24-16-9-10-18(24)17(11-16)21(26)27/h5-8,13,16-18,20H,1-4,9-12H2,(H,23,25)(H,26,27). The number of carboxylic acids is 1. The Morgan fingerprint density at radius 3 is 2.48 bits per heavy atom. The molecule has 4 atom stereocenters.